The molecular formula is C15H26F3N5O. The molecule has 1 aliphatic heterocycles. The maximum absolute atomic E-state index is 12.8. The zero-order valence-electron chi connectivity index (χ0n) is 14.2. The van der Waals surface area contributed by atoms with Crippen molar-refractivity contribution < 1.29 is 18.0 Å². The first kappa shape index (κ1) is 18.8. The number of guanidine groups is 1. The third kappa shape index (κ3) is 5.25. The predicted octanol–water partition coefficient (Wildman–Crippen LogP) is 0.656. The van der Waals surface area contributed by atoms with Crippen LogP contribution in [-0.2, 0) is 4.79 Å². The first-order chi connectivity index (χ1) is 11.3. The third-order valence-corrected chi connectivity index (χ3v) is 4.50. The van der Waals surface area contributed by atoms with Crippen molar-refractivity contribution in [1.29, 1.82) is 0 Å². The van der Waals surface area contributed by atoms with Gasteiger partial charge in [-0.25, -0.2) is 0 Å². The van der Waals surface area contributed by atoms with Gasteiger partial charge in [0, 0.05) is 52.2 Å². The number of carbonyl (C=O) groups excluding carboxylic acids is 1. The summed E-state index contributed by atoms with van der Waals surface area (Å²) < 4.78 is 38.3. The van der Waals surface area contributed by atoms with Gasteiger partial charge in [0.1, 0.15) is 6.04 Å². The summed E-state index contributed by atoms with van der Waals surface area (Å²) in [6.45, 7) is 3.94. The van der Waals surface area contributed by atoms with Crippen LogP contribution in [0, 0.1) is 5.92 Å². The van der Waals surface area contributed by atoms with E-state index in [0.717, 1.165) is 12.8 Å². The summed E-state index contributed by atoms with van der Waals surface area (Å²) >= 11 is 0. The lowest BCUT2D eigenvalue weighted by Crippen LogP contribution is -2.57. The number of halogens is 3. The van der Waals surface area contributed by atoms with Crippen LogP contribution in [0.3, 0.4) is 0 Å². The molecule has 1 aliphatic carbocycles. The van der Waals surface area contributed by atoms with Crippen molar-refractivity contribution in [3.63, 3.8) is 0 Å². The highest BCUT2D eigenvalue weighted by molar-refractivity contribution is 5.81. The largest absolute Gasteiger partial charge is 0.403 e. The molecule has 1 saturated heterocycles. The lowest BCUT2D eigenvalue weighted by atomic mass is 10.2. The average molecular weight is 349 g/mol. The number of aliphatic imine (C=N–C) groups is 1. The molecule has 24 heavy (non-hydrogen) atoms. The fraction of sp³-hybridized carbons (Fsp3) is 0.867. The van der Waals surface area contributed by atoms with E-state index in [1.165, 1.54) is 11.8 Å². The lowest BCUT2D eigenvalue weighted by molar-refractivity contribution is -0.181. The Morgan fingerprint density at radius 2 is 1.75 bits per heavy atom. The topological polar surface area (TPSA) is 60.0 Å². The molecule has 0 aromatic rings. The molecule has 2 rings (SSSR count). The molecule has 2 N–H and O–H groups in total. The van der Waals surface area contributed by atoms with Crippen molar-refractivity contribution in [2.45, 2.75) is 32.0 Å². The van der Waals surface area contributed by atoms with Crippen LogP contribution in [-0.4, -0.2) is 80.2 Å². The molecule has 1 heterocycles. The zero-order chi connectivity index (χ0) is 17.7. The van der Waals surface area contributed by atoms with Gasteiger partial charge < -0.3 is 15.5 Å². The van der Waals surface area contributed by atoms with Crippen LogP contribution in [0.1, 0.15) is 19.8 Å². The van der Waals surface area contributed by atoms with Gasteiger partial charge in [-0.05, 0) is 19.8 Å². The van der Waals surface area contributed by atoms with Gasteiger partial charge in [-0.2, -0.15) is 13.2 Å². The second-order valence-corrected chi connectivity index (χ2v) is 6.28. The van der Waals surface area contributed by atoms with Crippen molar-refractivity contribution in [1.82, 2.24) is 20.4 Å². The van der Waals surface area contributed by atoms with Crippen molar-refractivity contribution >= 4 is 11.9 Å². The summed E-state index contributed by atoms with van der Waals surface area (Å²) in [5, 5.41) is 6.01. The van der Waals surface area contributed by atoms with Crippen LogP contribution in [0.25, 0.3) is 0 Å². The molecule has 1 unspecified atom stereocenters. The zero-order valence-corrected chi connectivity index (χ0v) is 14.2. The average Bonchev–Trinajstić information content (AvgIpc) is 3.38. The Hall–Kier alpha value is -1.51. The molecular weight excluding hydrogens is 323 g/mol. The SMILES string of the molecule is CN=C(NCCNC(=O)C1CC1)N1CCN(C(C)C(F)(F)F)CC1. The van der Waals surface area contributed by atoms with Gasteiger partial charge in [0.05, 0.1) is 0 Å². The van der Waals surface area contributed by atoms with Crippen molar-refractivity contribution in [2.24, 2.45) is 10.9 Å². The van der Waals surface area contributed by atoms with E-state index in [1.807, 2.05) is 4.90 Å². The molecule has 6 nitrogen and oxygen atoms in total. The minimum atomic E-state index is -4.19. The van der Waals surface area contributed by atoms with Gasteiger partial charge in [-0.3, -0.25) is 14.7 Å². The Kier molecular flexibility index (Phi) is 6.31. The molecule has 1 atom stereocenters. The molecule has 0 aromatic heterocycles. The van der Waals surface area contributed by atoms with Crippen LogP contribution >= 0.6 is 0 Å². The molecule has 2 aliphatic rings. The fourth-order valence-electron chi connectivity index (χ4n) is 2.71. The number of piperazine rings is 1. The lowest BCUT2D eigenvalue weighted by Gasteiger charge is -2.39. The third-order valence-electron chi connectivity index (χ3n) is 4.50. The van der Waals surface area contributed by atoms with E-state index in [-0.39, 0.29) is 11.8 Å². The summed E-state index contributed by atoms with van der Waals surface area (Å²) in [5.41, 5.74) is 0. The standard InChI is InChI=1S/C15H26F3N5O/c1-11(15(16,17)18)22-7-9-23(10-8-22)14(19-2)21-6-5-20-13(24)12-3-4-12/h11-12H,3-10H2,1-2H3,(H,19,21)(H,20,24). The molecule has 0 radical (unpaired) electrons. The summed E-state index contributed by atoms with van der Waals surface area (Å²) in [4.78, 5) is 19.1. The Morgan fingerprint density at radius 3 is 2.25 bits per heavy atom. The quantitative estimate of drug-likeness (QED) is 0.435. The van der Waals surface area contributed by atoms with Gasteiger partial charge >= 0.3 is 6.18 Å². The Morgan fingerprint density at radius 1 is 1.17 bits per heavy atom. The van der Waals surface area contributed by atoms with E-state index in [1.54, 1.807) is 7.05 Å². The second-order valence-electron chi connectivity index (χ2n) is 6.28. The van der Waals surface area contributed by atoms with Gasteiger partial charge in [-0.15, -0.1) is 0 Å². The second kappa shape index (κ2) is 8.04. The van der Waals surface area contributed by atoms with Crippen molar-refractivity contribution in [3.05, 3.63) is 0 Å². The van der Waals surface area contributed by atoms with Crippen LogP contribution in [0.5, 0.6) is 0 Å². The van der Waals surface area contributed by atoms with E-state index >= 15 is 0 Å². The first-order valence-corrected chi connectivity index (χ1v) is 8.37. The number of rotatable bonds is 5. The molecule has 138 valence electrons. The molecule has 1 amide bonds. The van der Waals surface area contributed by atoms with E-state index in [4.69, 9.17) is 0 Å². The minimum Gasteiger partial charge on any atom is -0.354 e. The van der Waals surface area contributed by atoms with Gasteiger partial charge in [0.2, 0.25) is 5.91 Å². The molecule has 0 aromatic carbocycles. The van der Waals surface area contributed by atoms with E-state index in [2.05, 4.69) is 15.6 Å². The summed E-state index contributed by atoms with van der Waals surface area (Å²) in [7, 11) is 1.65. The predicted molar refractivity (Wildman–Crippen MR) is 85.8 cm³/mol. The highest BCUT2D eigenvalue weighted by atomic mass is 19.4. The highest BCUT2D eigenvalue weighted by Crippen LogP contribution is 2.28. The van der Waals surface area contributed by atoms with Gasteiger partial charge in [-0.1, -0.05) is 0 Å². The summed E-state index contributed by atoms with van der Waals surface area (Å²) in [5.74, 6) is 0.949. The van der Waals surface area contributed by atoms with Gasteiger partial charge in [0.25, 0.3) is 0 Å². The van der Waals surface area contributed by atoms with E-state index < -0.39 is 12.2 Å². The molecule has 9 heteroatoms. The number of carbonyl (C=O) groups is 1. The number of nitrogens with one attached hydrogen (secondary N) is 2. The minimum absolute atomic E-state index is 0.0986. The Labute approximate surface area is 140 Å². The number of alkyl halides is 3. The van der Waals surface area contributed by atoms with Crippen molar-refractivity contribution in [3.8, 4) is 0 Å². The van der Waals surface area contributed by atoms with Crippen LogP contribution in [0.2, 0.25) is 0 Å². The summed E-state index contributed by atoms with van der Waals surface area (Å²) in [6.07, 6.45) is -2.25. The normalized spacial score (nSPS) is 21.5. The van der Waals surface area contributed by atoms with E-state index in [0.29, 0.717) is 45.2 Å². The molecule has 0 bridgehead atoms. The van der Waals surface area contributed by atoms with Crippen LogP contribution < -0.4 is 10.6 Å². The Balaban J connectivity index is 1.69. The van der Waals surface area contributed by atoms with Gasteiger partial charge in [0.15, 0.2) is 5.96 Å². The molecule has 0 spiro atoms. The number of hydrogen-bond acceptors (Lipinski definition) is 3. The smallest absolute Gasteiger partial charge is 0.354 e. The fourth-order valence-corrected chi connectivity index (χ4v) is 2.71. The monoisotopic (exact) mass is 349 g/mol. The number of nitrogens with zero attached hydrogens (tertiary/aromatic N) is 3. The summed E-state index contributed by atoms with van der Waals surface area (Å²) in [6, 6.07) is -1.42. The highest BCUT2D eigenvalue weighted by Gasteiger charge is 2.41. The molecule has 2 fully saturated rings. The number of amides is 1. The maximum Gasteiger partial charge on any atom is 0.403 e. The first-order valence-electron chi connectivity index (χ1n) is 8.37. The molecule has 1 saturated carbocycles. The van der Waals surface area contributed by atoms with Crippen LogP contribution in [0.15, 0.2) is 4.99 Å². The number of hydrogen-bond donors (Lipinski definition) is 2. The van der Waals surface area contributed by atoms with Crippen LogP contribution in [0.4, 0.5) is 13.2 Å². The Bertz CT molecular complexity index is 457. The maximum atomic E-state index is 12.8. The van der Waals surface area contributed by atoms with Crippen molar-refractivity contribution in [2.75, 3.05) is 46.3 Å². The van der Waals surface area contributed by atoms with E-state index in [9.17, 15) is 18.0 Å².